The molecule has 0 heterocycles. The molecule has 0 N–H and O–H groups in total. The minimum absolute atomic E-state index is 0.0855. The van der Waals surface area contributed by atoms with Gasteiger partial charge in [0, 0.05) is 16.7 Å². The summed E-state index contributed by atoms with van der Waals surface area (Å²) in [6.07, 6.45) is 0. The van der Waals surface area contributed by atoms with Gasteiger partial charge in [-0.05, 0) is 18.2 Å². The van der Waals surface area contributed by atoms with Gasteiger partial charge in [0.1, 0.15) is 5.75 Å². The van der Waals surface area contributed by atoms with Gasteiger partial charge in [-0.25, -0.2) is 0 Å². The highest BCUT2D eigenvalue weighted by molar-refractivity contribution is 6.31. The van der Waals surface area contributed by atoms with Crippen LogP contribution in [0, 0.1) is 10.1 Å². The van der Waals surface area contributed by atoms with Crippen molar-refractivity contribution in [2.45, 2.75) is 0 Å². The molecule has 0 aromatic heterocycles. The monoisotopic (exact) mass is 291 g/mol. The van der Waals surface area contributed by atoms with Crippen LogP contribution in [-0.2, 0) is 0 Å². The first-order valence-corrected chi connectivity index (χ1v) is 6.10. The Bertz CT molecular complexity index is 657. The van der Waals surface area contributed by atoms with Crippen molar-refractivity contribution in [3.63, 3.8) is 0 Å². The van der Waals surface area contributed by atoms with Crippen LogP contribution in [0.5, 0.6) is 5.75 Å². The molecular weight excluding hydrogens is 282 g/mol. The maximum atomic E-state index is 11.9. The predicted molar refractivity (Wildman–Crippen MR) is 74.4 cm³/mol. The molecule has 0 saturated carbocycles. The topological polar surface area (TPSA) is 69.4 Å². The van der Waals surface area contributed by atoms with Crippen molar-refractivity contribution >= 4 is 23.1 Å². The summed E-state index contributed by atoms with van der Waals surface area (Å²) in [4.78, 5) is 22.0. The average Bonchev–Trinajstić information content (AvgIpc) is 2.45. The SMILES string of the molecule is O=C(COc1cccc([N+](=O)[O-])c1)c1cccc(Cl)c1. The minimum atomic E-state index is -0.522. The molecule has 20 heavy (non-hydrogen) atoms. The van der Waals surface area contributed by atoms with Crippen molar-refractivity contribution in [1.29, 1.82) is 0 Å². The maximum absolute atomic E-state index is 11.9. The van der Waals surface area contributed by atoms with Crippen molar-refractivity contribution < 1.29 is 14.5 Å². The number of nitro benzene ring substituents is 1. The number of nitrogens with zero attached hydrogens (tertiary/aromatic N) is 1. The van der Waals surface area contributed by atoms with Gasteiger partial charge >= 0.3 is 0 Å². The Morgan fingerprint density at radius 2 is 1.95 bits per heavy atom. The first-order valence-electron chi connectivity index (χ1n) is 5.72. The molecule has 0 unspecified atom stereocenters. The summed E-state index contributed by atoms with van der Waals surface area (Å²) in [6, 6.07) is 12.2. The second kappa shape index (κ2) is 6.16. The number of carbonyl (C=O) groups is 1. The zero-order valence-corrected chi connectivity index (χ0v) is 11.0. The van der Waals surface area contributed by atoms with E-state index in [9.17, 15) is 14.9 Å². The van der Waals surface area contributed by atoms with Gasteiger partial charge in [0.25, 0.3) is 5.69 Å². The average molecular weight is 292 g/mol. The van der Waals surface area contributed by atoms with E-state index in [1.807, 2.05) is 0 Å². The fraction of sp³-hybridized carbons (Fsp3) is 0.0714. The number of Topliss-reactive ketones (excluding diaryl/α,β-unsaturated/α-hetero) is 1. The van der Waals surface area contributed by atoms with Crippen LogP contribution in [0.15, 0.2) is 48.5 Å². The molecule has 6 heteroatoms. The predicted octanol–water partition coefficient (Wildman–Crippen LogP) is 3.51. The fourth-order valence-electron chi connectivity index (χ4n) is 1.58. The van der Waals surface area contributed by atoms with Gasteiger partial charge < -0.3 is 4.74 Å². The zero-order valence-electron chi connectivity index (χ0n) is 10.3. The summed E-state index contributed by atoms with van der Waals surface area (Å²) in [7, 11) is 0. The molecule has 2 aromatic rings. The lowest BCUT2D eigenvalue weighted by molar-refractivity contribution is -0.384. The number of nitro groups is 1. The number of benzene rings is 2. The van der Waals surface area contributed by atoms with Crippen LogP contribution in [0.4, 0.5) is 5.69 Å². The third-order valence-electron chi connectivity index (χ3n) is 2.54. The van der Waals surface area contributed by atoms with Gasteiger partial charge in [0.2, 0.25) is 0 Å². The van der Waals surface area contributed by atoms with Crippen LogP contribution in [0.25, 0.3) is 0 Å². The van der Waals surface area contributed by atoms with Crippen molar-refractivity contribution in [3.05, 3.63) is 69.2 Å². The summed E-state index contributed by atoms with van der Waals surface area (Å²) < 4.78 is 5.26. The largest absolute Gasteiger partial charge is 0.485 e. The van der Waals surface area contributed by atoms with E-state index in [4.69, 9.17) is 16.3 Å². The molecule has 0 fully saturated rings. The Morgan fingerprint density at radius 3 is 2.65 bits per heavy atom. The van der Waals surface area contributed by atoms with E-state index < -0.39 is 4.92 Å². The van der Waals surface area contributed by atoms with Crippen molar-refractivity contribution in [2.75, 3.05) is 6.61 Å². The van der Waals surface area contributed by atoms with Crippen LogP contribution >= 0.6 is 11.6 Å². The van der Waals surface area contributed by atoms with Crippen molar-refractivity contribution in [3.8, 4) is 5.75 Å². The van der Waals surface area contributed by atoms with Gasteiger partial charge in [-0.2, -0.15) is 0 Å². The molecule has 0 amide bonds. The Hall–Kier alpha value is -2.40. The normalized spacial score (nSPS) is 10.1. The summed E-state index contributed by atoms with van der Waals surface area (Å²) in [6.45, 7) is -0.207. The number of hydrogen-bond donors (Lipinski definition) is 0. The quantitative estimate of drug-likeness (QED) is 0.480. The molecule has 0 saturated heterocycles. The lowest BCUT2D eigenvalue weighted by Gasteiger charge is -2.05. The highest BCUT2D eigenvalue weighted by Gasteiger charge is 2.10. The second-order valence-corrected chi connectivity index (χ2v) is 4.41. The number of non-ortho nitro benzene ring substituents is 1. The highest BCUT2D eigenvalue weighted by atomic mass is 35.5. The summed E-state index contributed by atoms with van der Waals surface area (Å²) in [5, 5.41) is 11.1. The maximum Gasteiger partial charge on any atom is 0.273 e. The summed E-state index contributed by atoms with van der Waals surface area (Å²) in [5.74, 6) is 0.0218. The molecule has 2 rings (SSSR count). The van der Waals surface area contributed by atoms with Crippen LogP contribution < -0.4 is 4.74 Å². The second-order valence-electron chi connectivity index (χ2n) is 3.98. The van der Waals surface area contributed by atoms with E-state index in [0.717, 1.165) is 0 Å². The number of ketones is 1. The smallest absolute Gasteiger partial charge is 0.273 e. The zero-order chi connectivity index (χ0) is 14.5. The first-order chi connectivity index (χ1) is 9.56. The number of carbonyl (C=O) groups excluding carboxylic acids is 1. The molecule has 0 aliphatic heterocycles. The van der Waals surface area contributed by atoms with Crippen LogP contribution in [0.1, 0.15) is 10.4 Å². The van der Waals surface area contributed by atoms with Crippen LogP contribution in [0.2, 0.25) is 5.02 Å². The Labute approximate surface area is 119 Å². The molecule has 0 bridgehead atoms. The third-order valence-corrected chi connectivity index (χ3v) is 2.78. The van der Waals surface area contributed by atoms with Gasteiger partial charge in [-0.15, -0.1) is 0 Å². The van der Waals surface area contributed by atoms with Crippen molar-refractivity contribution in [2.24, 2.45) is 0 Å². The van der Waals surface area contributed by atoms with E-state index in [1.54, 1.807) is 30.3 Å². The third kappa shape index (κ3) is 3.55. The lowest BCUT2D eigenvalue weighted by atomic mass is 10.1. The number of rotatable bonds is 5. The molecule has 0 aliphatic carbocycles. The van der Waals surface area contributed by atoms with Gasteiger partial charge in [-0.1, -0.05) is 29.8 Å². The molecule has 102 valence electrons. The van der Waals surface area contributed by atoms with Crippen LogP contribution in [-0.4, -0.2) is 17.3 Å². The van der Waals surface area contributed by atoms with E-state index in [-0.39, 0.29) is 23.8 Å². The van der Waals surface area contributed by atoms with E-state index in [1.165, 1.54) is 18.2 Å². The molecule has 0 aliphatic rings. The van der Waals surface area contributed by atoms with Gasteiger partial charge in [-0.3, -0.25) is 14.9 Å². The molecule has 0 spiro atoms. The Kier molecular flexibility index (Phi) is 4.32. The van der Waals surface area contributed by atoms with E-state index >= 15 is 0 Å². The molecule has 5 nitrogen and oxygen atoms in total. The van der Waals surface area contributed by atoms with Crippen molar-refractivity contribution in [1.82, 2.24) is 0 Å². The summed E-state index contributed by atoms with van der Waals surface area (Å²) in [5.41, 5.74) is 0.348. The Balaban J connectivity index is 2.03. The fourth-order valence-corrected chi connectivity index (χ4v) is 1.77. The number of ether oxygens (including phenoxy) is 1. The minimum Gasteiger partial charge on any atom is -0.485 e. The van der Waals surface area contributed by atoms with E-state index in [0.29, 0.717) is 10.6 Å². The molecule has 0 atom stereocenters. The van der Waals surface area contributed by atoms with Crippen LogP contribution in [0.3, 0.4) is 0 Å². The lowest BCUT2D eigenvalue weighted by Crippen LogP contribution is -2.11. The molecule has 2 aromatic carbocycles. The molecular formula is C14H10ClNO4. The first kappa shape index (κ1) is 14.0. The number of hydrogen-bond acceptors (Lipinski definition) is 4. The Morgan fingerprint density at radius 1 is 1.20 bits per heavy atom. The standard InChI is InChI=1S/C14H10ClNO4/c15-11-4-1-3-10(7-11)14(17)9-20-13-6-2-5-12(8-13)16(18)19/h1-8H,9H2. The van der Waals surface area contributed by atoms with E-state index in [2.05, 4.69) is 0 Å². The van der Waals surface area contributed by atoms with Gasteiger partial charge in [0.05, 0.1) is 11.0 Å². The number of halogens is 1. The molecule has 0 radical (unpaired) electrons. The highest BCUT2D eigenvalue weighted by Crippen LogP contribution is 2.19. The van der Waals surface area contributed by atoms with Gasteiger partial charge in [0.15, 0.2) is 12.4 Å². The summed E-state index contributed by atoms with van der Waals surface area (Å²) >= 11 is 5.79.